The molecule has 0 atom stereocenters. The van der Waals surface area contributed by atoms with E-state index in [4.69, 9.17) is 11.6 Å². The molecule has 26 heavy (non-hydrogen) atoms. The molecule has 5 heteroatoms. The Morgan fingerprint density at radius 3 is 2.58 bits per heavy atom. The van der Waals surface area contributed by atoms with Gasteiger partial charge in [0.05, 0.1) is 0 Å². The van der Waals surface area contributed by atoms with E-state index in [-0.39, 0.29) is 11.8 Å². The number of hydrogen-bond acceptors (Lipinski definition) is 2. The molecule has 1 heterocycles. The van der Waals surface area contributed by atoms with Crippen LogP contribution >= 0.6 is 11.6 Å². The van der Waals surface area contributed by atoms with Crippen molar-refractivity contribution in [1.29, 1.82) is 0 Å². The van der Waals surface area contributed by atoms with Crippen LogP contribution in [0.3, 0.4) is 0 Å². The predicted octanol–water partition coefficient (Wildman–Crippen LogP) is 4.21. The fourth-order valence-electron chi connectivity index (χ4n) is 3.17. The van der Waals surface area contributed by atoms with Gasteiger partial charge in [-0.15, -0.1) is 0 Å². The molecular formula is C21H23ClN2O2. The second-order valence-corrected chi connectivity index (χ2v) is 7.48. The molecule has 1 aliphatic rings. The van der Waals surface area contributed by atoms with Gasteiger partial charge in [-0.25, -0.2) is 0 Å². The van der Waals surface area contributed by atoms with Crippen LogP contribution in [-0.4, -0.2) is 18.4 Å². The number of nitrogens with zero attached hydrogens (tertiary/aromatic N) is 1. The topological polar surface area (TPSA) is 49.4 Å². The highest BCUT2D eigenvalue weighted by atomic mass is 35.5. The molecule has 1 N–H and O–H groups in total. The van der Waals surface area contributed by atoms with Crippen molar-refractivity contribution in [3.05, 3.63) is 64.2 Å². The molecule has 1 aliphatic heterocycles. The normalized spacial score (nSPS) is 13.0. The van der Waals surface area contributed by atoms with Gasteiger partial charge in [0.25, 0.3) is 5.91 Å². The van der Waals surface area contributed by atoms with Gasteiger partial charge in [-0.2, -0.15) is 0 Å². The van der Waals surface area contributed by atoms with E-state index >= 15 is 0 Å². The van der Waals surface area contributed by atoms with E-state index in [9.17, 15) is 9.59 Å². The zero-order valence-corrected chi connectivity index (χ0v) is 15.8. The van der Waals surface area contributed by atoms with E-state index in [1.165, 1.54) is 5.56 Å². The minimum absolute atomic E-state index is 0.129. The van der Waals surface area contributed by atoms with Crippen molar-refractivity contribution >= 4 is 29.1 Å². The zero-order valence-electron chi connectivity index (χ0n) is 15.1. The molecule has 0 unspecified atom stereocenters. The molecule has 136 valence electrons. The quantitative estimate of drug-likeness (QED) is 0.857. The third-order valence-electron chi connectivity index (χ3n) is 4.48. The number of amides is 2. The number of rotatable bonds is 5. The largest absolute Gasteiger partial charge is 0.348 e. The number of halogens is 1. The minimum Gasteiger partial charge on any atom is -0.348 e. The Balaban J connectivity index is 1.64. The van der Waals surface area contributed by atoms with E-state index in [1.54, 1.807) is 24.3 Å². The summed E-state index contributed by atoms with van der Waals surface area (Å²) in [5, 5.41) is 3.53. The average molecular weight is 371 g/mol. The first kappa shape index (κ1) is 18.5. The fourth-order valence-corrected chi connectivity index (χ4v) is 3.30. The Morgan fingerprint density at radius 2 is 1.88 bits per heavy atom. The molecule has 0 saturated heterocycles. The van der Waals surface area contributed by atoms with Crippen LogP contribution in [0.15, 0.2) is 42.5 Å². The van der Waals surface area contributed by atoms with Gasteiger partial charge in [0.1, 0.15) is 0 Å². The Bertz CT molecular complexity index is 815. The van der Waals surface area contributed by atoms with E-state index in [2.05, 4.69) is 25.2 Å². The van der Waals surface area contributed by atoms with Crippen molar-refractivity contribution in [1.82, 2.24) is 5.32 Å². The summed E-state index contributed by atoms with van der Waals surface area (Å²) in [5.41, 5.74) is 3.79. The van der Waals surface area contributed by atoms with E-state index in [1.807, 2.05) is 17.0 Å². The van der Waals surface area contributed by atoms with Gasteiger partial charge in [0, 0.05) is 35.8 Å². The van der Waals surface area contributed by atoms with Crippen LogP contribution < -0.4 is 10.2 Å². The standard InChI is InChI=1S/C21H23ClN2O2/c1-14(2)11-20(25)24-10-9-17-12-15(3-8-19(17)24)13-23-21(26)16-4-6-18(22)7-5-16/h3-8,12,14H,9-11,13H2,1-2H3,(H,23,26). The maximum absolute atomic E-state index is 12.4. The highest BCUT2D eigenvalue weighted by Crippen LogP contribution is 2.30. The Hall–Kier alpha value is -2.33. The van der Waals surface area contributed by atoms with Crippen LogP contribution in [0.4, 0.5) is 5.69 Å². The van der Waals surface area contributed by atoms with Crippen LogP contribution in [0.25, 0.3) is 0 Å². The summed E-state index contributed by atoms with van der Waals surface area (Å²) in [5.74, 6) is 0.410. The monoisotopic (exact) mass is 370 g/mol. The number of fused-ring (bicyclic) bond motifs is 1. The second-order valence-electron chi connectivity index (χ2n) is 7.05. The van der Waals surface area contributed by atoms with Gasteiger partial charge >= 0.3 is 0 Å². The van der Waals surface area contributed by atoms with Gasteiger partial charge in [-0.05, 0) is 53.8 Å². The first-order chi connectivity index (χ1) is 12.4. The lowest BCUT2D eigenvalue weighted by molar-refractivity contribution is -0.119. The SMILES string of the molecule is CC(C)CC(=O)N1CCc2cc(CNC(=O)c3ccc(Cl)cc3)ccc21. The van der Waals surface area contributed by atoms with Crippen LogP contribution in [-0.2, 0) is 17.8 Å². The highest BCUT2D eigenvalue weighted by molar-refractivity contribution is 6.30. The third-order valence-corrected chi connectivity index (χ3v) is 4.73. The van der Waals surface area contributed by atoms with Crippen molar-refractivity contribution in [2.75, 3.05) is 11.4 Å². The number of carbonyl (C=O) groups is 2. The lowest BCUT2D eigenvalue weighted by Gasteiger charge is -2.18. The Kier molecular flexibility index (Phi) is 5.62. The number of carbonyl (C=O) groups excluding carboxylic acids is 2. The molecule has 3 rings (SSSR count). The zero-order chi connectivity index (χ0) is 18.7. The lowest BCUT2D eigenvalue weighted by Crippen LogP contribution is -2.29. The molecule has 0 spiro atoms. The summed E-state index contributed by atoms with van der Waals surface area (Å²) in [6.45, 7) is 5.30. The second kappa shape index (κ2) is 7.92. The van der Waals surface area contributed by atoms with E-state index in [0.717, 1.165) is 24.2 Å². The molecule has 2 aromatic carbocycles. The molecule has 2 amide bonds. The lowest BCUT2D eigenvalue weighted by atomic mass is 10.1. The molecule has 4 nitrogen and oxygen atoms in total. The predicted molar refractivity (Wildman–Crippen MR) is 105 cm³/mol. The number of benzene rings is 2. The summed E-state index contributed by atoms with van der Waals surface area (Å²) < 4.78 is 0. The smallest absolute Gasteiger partial charge is 0.251 e. The summed E-state index contributed by atoms with van der Waals surface area (Å²) >= 11 is 5.85. The molecule has 0 saturated carbocycles. The van der Waals surface area contributed by atoms with Crippen LogP contribution in [0.2, 0.25) is 5.02 Å². The average Bonchev–Trinajstić information content (AvgIpc) is 3.03. The summed E-state index contributed by atoms with van der Waals surface area (Å²) in [6.07, 6.45) is 1.43. The summed E-state index contributed by atoms with van der Waals surface area (Å²) in [6, 6.07) is 12.9. The first-order valence-corrected chi connectivity index (χ1v) is 9.28. The van der Waals surface area contributed by atoms with Gasteiger partial charge in [-0.3, -0.25) is 9.59 Å². The molecular weight excluding hydrogens is 348 g/mol. The van der Waals surface area contributed by atoms with Crippen molar-refractivity contribution in [2.24, 2.45) is 5.92 Å². The van der Waals surface area contributed by atoms with Crippen molar-refractivity contribution in [2.45, 2.75) is 33.2 Å². The van der Waals surface area contributed by atoms with E-state index in [0.29, 0.717) is 29.5 Å². The van der Waals surface area contributed by atoms with Gasteiger partial charge < -0.3 is 10.2 Å². The minimum atomic E-state index is -0.129. The van der Waals surface area contributed by atoms with Gasteiger partial charge in [0.2, 0.25) is 5.91 Å². The number of anilines is 1. The molecule has 0 aliphatic carbocycles. The van der Waals surface area contributed by atoms with Crippen LogP contribution in [0.5, 0.6) is 0 Å². The Morgan fingerprint density at radius 1 is 1.15 bits per heavy atom. The molecule has 0 aromatic heterocycles. The van der Waals surface area contributed by atoms with Crippen molar-refractivity contribution in [3.63, 3.8) is 0 Å². The van der Waals surface area contributed by atoms with Crippen LogP contribution in [0.1, 0.15) is 41.8 Å². The summed E-state index contributed by atoms with van der Waals surface area (Å²) in [7, 11) is 0. The van der Waals surface area contributed by atoms with E-state index < -0.39 is 0 Å². The highest BCUT2D eigenvalue weighted by Gasteiger charge is 2.25. The number of nitrogens with one attached hydrogen (secondary N) is 1. The maximum atomic E-state index is 12.4. The molecule has 0 bridgehead atoms. The first-order valence-electron chi connectivity index (χ1n) is 8.90. The third kappa shape index (κ3) is 4.25. The van der Waals surface area contributed by atoms with Crippen LogP contribution in [0, 0.1) is 5.92 Å². The van der Waals surface area contributed by atoms with Crippen molar-refractivity contribution in [3.8, 4) is 0 Å². The molecule has 0 radical (unpaired) electrons. The summed E-state index contributed by atoms with van der Waals surface area (Å²) in [4.78, 5) is 26.4. The van der Waals surface area contributed by atoms with Gasteiger partial charge in [0.15, 0.2) is 0 Å². The maximum Gasteiger partial charge on any atom is 0.251 e. The molecule has 2 aromatic rings. The van der Waals surface area contributed by atoms with Gasteiger partial charge in [-0.1, -0.05) is 37.6 Å². The van der Waals surface area contributed by atoms with Crippen molar-refractivity contribution < 1.29 is 9.59 Å². The number of hydrogen-bond donors (Lipinski definition) is 1. The molecule has 0 fully saturated rings. The Labute approximate surface area is 159 Å². The fraction of sp³-hybridized carbons (Fsp3) is 0.333.